The van der Waals surface area contributed by atoms with Crippen molar-refractivity contribution in [2.75, 3.05) is 5.75 Å². The van der Waals surface area contributed by atoms with Crippen LogP contribution in [-0.4, -0.2) is 10.9 Å². The van der Waals surface area contributed by atoms with Crippen LogP contribution in [0.4, 0.5) is 25.2 Å². The Morgan fingerprint density at radius 3 is 1.88 bits per heavy atom. The molecule has 24 heavy (non-hydrogen) atoms. The van der Waals surface area contributed by atoms with Gasteiger partial charge in [0.25, 0.3) is 0 Å². The van der Waals surface area contributed by atoms with E-state index in [0.717, 1.165) is 17.7 Å². The number of hydrogen-bond donors (Lipinski definition) is 1. The molecule has 0 saturated heterocycles. The van der Waals surface area contributed by atoms with Crippen molar-refractivity contribution in [2.24, 2.45) is 0 Å². The first kappa shape index (κ1) is 20.6. The monoisotopic (exact) mass is 390 g/mol. The predicted octanol–water partition coefficient (Wildman–Crippen LogP) is 6.30. The summed E-state index contributed by atoms with van der Waals surface area (Å²) >= 11 is 3.52. The summed E-state index contributed by atoms with van der Waals surface area (Å²) in [5.41, 5.74) is 5.07. The van der Waals surface area contributed by atoms with Gasteiger partial charge in [-0.1, -0.05) is 30.3 Å². The van der Waals surface area contributed by atoms with Gasteiger partial charge < -0.3 is 5.11 Å². The standard InChI is InChI=1S/C15H16OS.F6P/c1-11-12(9-10-17)3-2-4-15(11)13-5-7-14(16)8-6-13;1-7(2,3,4,5)6/h2-8,16-17H,9-10H2,1H3;/q;-1/p+1. The molecule has 0 aliphatic rings. The predicted molar refractivity (Wildman–Crippen MR) is 90.6 cm³/mol. The number of aryl methyl sites for hydroxylation is 1. The molecular weight excluding hydrogens is 373 g/mol. The van der Waals surface area contributed by atoms with Crippen molar-refractivity contribution in [2.45, 2.75) is 13.3 Å². The molecule has 0 aromatic heterocycles. The first-order valence-electron chi connectivity index (χ1n) is 6.76. The average molecular weight is 390 g/mol. The molecule has 1 nitrogen and oxygen atoms in total. The Bertz CT molecular complexity index is 687. The van der Waals surface area contributed by atoms with Crippen LogP contribution in [0.1, 0.15) is 11.1 Å². The summed E-state index contributed by atoms with van der Waals surface area (Å²) in [5, 5.41) is 9.31. The fourth-order valence-corrected chi connectivity index (χ4v) is 2.31. The molecule has 0 bridgehead atoms. The van der Waals surface area contributed by atoms with Crippen LogP contribution in [-0.2, 0) is 19.0 Å². The second-order valence-electron chi connectivity index (χ2n) is 5.09. The van der Waals surface area contributed by atoms with Gasteiger partial charge >= 0.3 is 33.0 Å². The Morgan fingerprint density at radius 2 is 1.42 bits per heavy atom. The average Bonchev–Trinajstić information content (AvgIpc) is 2.39. The normalized spacial score (nSPS) is 14.2. The second-order valence-corrected chi connectivity index (χ2v) is 7.51. The Kier molecular flexibility index (Phi) is 5.58. The molecule has 9 heteroatoms. The van der Waals surface area contributed by atoms with E-state index in [4.69, 9.17) is 0 Å². The Balaban J connectivity index is 0.000000351. The van der Waals surface area contributed by atoms with Crippen LogP contribution in [0.25, 0.3) is 11.1 Å². The van der Waals surface area contributed by atoms with Crippen molar-refractivity contribution in [3.05, 3.63) is 53.6 Å². The number of phenolic OH excluding ortho intramolecular Hbond substituents is 1. The topological polar surface area (TPSA) is 20.2 Å². The maximum absolute atomic E-state index is 10.7. The summed E-state index contributed by atoms with van der Waals surface area (Å²) in [6, 6.07) is 13.7. The number of rotatable bonds is 3. The molecule has 0 aliphatic heterocycles. The van der Waals surface area contributed by atoms with Gasteiger partial charge in [0.2, 0.25) is 0 Å². The first-order valence-corrected chi connectivity index (χ1v) is 9.50. The molecule has 0 aliphatic carbocycles. The molecule has 0 radical (unpaired) electrons. The van der Waals surface area contributed by atoms with E-state index in [2.05, 4.69) is 37.8 Å². The van der Waals surface area contributed by atoms with Crippen molar-refractivity contribution < 1.29 is 30.3 Å². The van der Waals surface area contributed by atoms with Crippen molar-refractivity contribution in [3.8, 4) is 16.9 Å². The summed E-state index contributed by atoms with van der Waals surface area (Å²) in [4.78, 5) is 0. The second kappa shape index (κ2) is 6.48. The minimum absolute atomic E-state index is 0.308. The third kappa shape index (κ3) is 9.03. The fourth-order valence-electron chi connectivity index (χ4n) is 2.04. The Hall–Kier alpha value is -1.40. The van der Waals surface area contributed by atoms with E-state index < -0.39 is 7.81 Å². The zero-order valence-electron chi connectivity index (χ0n) is 12.6. The molecule has 0 heterocycles. The van der Waals surface area contributed by atoms with E-state index in [0.29, 0.717) is 5.75 Å². The molecule has 2 rings (SSSR count). The zero-order chi connectivity index (χ0) is 18.7. The van der Waals surface area contributed by atoms with Gasteiger partial charge in [-0.2, -0.15) is 0 Å². The summed E-state index contributed by atoms with van der Waals surface area (Å²) in [6.45, 7) is 2.15. The number of halogens is 6. The van der Waals surface area contributed by atoms with Crippen LogP contribution in [0.5, 0.6) is 5.75 Å². The van der Waals surface area contributed by atoms with E-state index in [1.165, 1.54) is 16.7 Å². The minimum atomic E-state index is -10.7. The van der Waals surface area contributed by atoms with E-state index in [1.54, 1.807) is 12.1 Å². The van der Waals surface area contributed by atoms with Crippen LogP contribution >= 0.6 is 7.81 Å². The molecule has 0 saturated carbocycles. The molecule has 0 amide bonds. The van der Waals surface area contributed by atoms with Crippen molar-refractivity contribution in [1.82, 2.24) is 0 Å². The van der Waals surface area contributed by atoms with Gasteiger partial charge in [-0.05, 0) is 53.9 Å². The fraction of sp³-hybridized carbons (Fsp3) is 0.200. The third-order valence-corrected chi connectivity index (χ3v) is 3.27. The van der Waals surface area contributed by atoms with E-state index in [9.17, 15) is 30.3 Å². The Morgan fingerprint density at radius 1 is 0.917 bits per heavy atom. The molecule has 0 unspecified atom stereocenters. The van der Waals surface area contributed by atoms with Crippen molar-refractivity contribution in [3.63, 3.8) is 0 Å². The summed E-state index contributed by atoms with van der Waals surface area (Å²) in [5.74, 6) is 1.28. The SMILES string of the molecule is Cc1c(CC[SH2+])cccc1-c1ccc(O)cc1.F[P-](F)(F)(F)(F)F. The summed E-state index contributed by atoms with van der Waals surface area (Å²) in [6.07, 6.45) is 1.04. The van der Waals surface area contributed by atoms with Crippen molar-refractivity contribution in [1.29, 1.82) is 0 Å². The van der Waals surface area contributed by atoms with Gasteiger partial charge in [-0.15, -0.1) is 0 Å². The zero-order valence-corrected chi connectivity index (χ0v) is 14.5. The molecule has 0 atom stereocenters. The van der Waals surface area contributed by atoms with Gasteiger partial charge in [0.15, 0.2) is 0 Å². The van der Waals surface area contributed by atoms with E-state index >= 15 is 0 Å². The molecule has 0 spiro atoms. The van der Waals surface area contributed by atoms with Gasteiger partial charge in [-0.25, -0.2) is 0 Å². The number of hydrogen-bond acceptors (Lipinski definition) is 1. The van der Waals surface area contributed by atoms with Crippen LogP contribution in [0.2, 0.25) is 0 Å². The molecule has 2 aromatic rings. The quantitative estimate of drug-likeness (QED) is 0.370. The van der Waals surface area contributed by atoms with Gasteiger partial charge in [0.05, 0.1) is 0 Å². The molecule has 1 N–H and O–H groups in total. The Labute approximate surface area is 141 Å². The number of benzene rings is 2. The molecule has 0 fully saturated rings. The van der Waals surface area contributed by atoms with Gasteiger partial charge in [0.1, 0.15) is 11.5 Å². The van der Waals surface area contributed by atoms with Crippen LogP contribution < -0.4 is 0 Å². The van der Waals surface area contributed by atoms with Gasteiger partial charge in [-0.3, -0.25) is 0 Å². The summed E-state index contributed by atoms with van der Waals surface area (Å²) in [7, 11) is -10.7. The molecule has 136 valence electrons. The van der Waals surface area contributed by atoms with Crippen LogP contribution in [0.15, 0.2) is 42.5 Å². The summed E-state index contributed by atoms with van der Waals surface area (Å²) < 4.78 is 59.2. The van der Waals surface area contributed by atoms with E-state index in [-0.39, 0.29) is 0 Å². The van der Waals surface area contributed by atoms with Crippen LogP contribution in [0.3, 0.4) is 0 Å². The molecular formula is C15H17F6OPS. The molecule has 2 aromatic carbocycles. The maximum atomic E-state index is 9.87. The van der Waals surface area contributed by atoms with Crippen molar-refractivity contribution >= 4 is 20.4 Å². The number of aromatic hydroxyl groups is 1. The third-order valence-electron chi connectivity index (χ3n) is 3.02. The van der Waals surface area contributed by atoms with Gasteiger partial charge in [0, 0.05) is 6.42 Å². The number of phenols is 1. The van der Waals surface area contributed by atoms with Crippen LogP contribution in [0, 0.1) is 6.92 Å². The first-order chi connectivity index (χ1) is 10.7. The van der Waals surface area contributed by atoms with E-state index in [1.807, 2.05) is 12.1 Å².